The van der Waals surface area contributed by atoms with Crippen LogP contribution in [0.1, 0.15) is 30.9 Å². The first-order valence-corrected chi connectivity index (χ1v) is 11.2. The lowest BCUT2D eigenvalue weighted by atomic mass is 10.2. The number of amides is 1. The number of H-pyrrole nitrogens is 1. The van der Waals surface area contributed by atoms with E-state index in [1.807, 2.05) is 61.5 Å². The van der Waals surface area contributed by atoms with Crippen LogP contribution in [0.15, 0.2) is 64.2 Å². The molecule has 0 aliphatic rings. The number of rotatable bonds is 11. The van der Waals surface area contributed by atoms with Crippen molar-refractivity contribution in [3.63, 3.8) is 0 Å². The Kier molecular flexibility index (Phi) is 8.50. The van der Waals surface area contributed by atoms with E-state index in [2.05, 4.69) is 10.3 Å². The van der Waals surface area contributed by atoms with Crippen LogP contribution in [-0.4, -0.2) is 29.1 Å². The highest BCUT2D eigenvalue weighted by Gasteiger charge is 2.21. The van der Waals surface area contributed by atoms with Crippen molar-refractivity contribution in [3.05, 3.63) is 86.6 Å². The average molecular weight is 466 g/mol. The van der Waals surface area contributed by atoms with Crippen molar-refractivity contribution in [1.82, 2.24) is 14.9 Å². The maximum atomic E-state index is 12.9. The van der Waals surface area contributed by atoms with Crippen LogP contribution in [0, 0.1) is 0 Å². The number of nitrogens with one attached hydrogen (secondary N) is 2. The maximum Gasteiger partial charge on any atom is 0.330 e. The summed E-state index contributed by atoms with van der Waals surface area (Å²) >= 11 is 0. The molecule has 1 heterocycles. The molecule has 0 radical (unpaired) electrons. The van der Waals surface area contributed by atoms with E-state index < -0.39 is 11.2 Å². The van der Waals surface area contributed by atoms with Crippen molar-refractivity contribution in [1.29, 1.82) is 0 Å². The normalized spacial score (nSPS) is 10.6. The molecule has 180 valence electrons. The topological polar surface area (TPSA) is 122 Å². The summed E-state index contributed by atoms with van der Waals surface area (Å²) in [5.74, 6) is 0.509. The number of nitrogen functional groups attached to an aromatic ring is 1. The number of aromatic amines is 1. The molecule has 0 saturated carbocycles. The molecule has 4 N–H and O–H groups in total. The second-order valence-electron chi connectivity index (χ2n) is 7.96. The standard InChI is InChI=1S/C25H31N5O4/c1-3-4-14-30-23(26)22(24(32)28-25(30)33)29(16-19-8-6-5-7-9-19)17-21(31)27-15-18-10-12-20(34-2)13-11-18/h5-13H,3-4,14-17,26H2,1-2H3,(H,27,31)(H,28,32,33). The number of unbranched alkanes of at least 4 members (excludes halogenated alkanes) is 1. The predicted molar refractivity (Wildman–Crippen MR) is 133 cm³/mol. The van der Waals surface area contributed by atoms with E-state index in [0.29, 0.717) is 13.1 Å². The van der Waals surface area contributed by atoms with Crippen LogP contribution in [0.3, 0.4) is 0 Å². The van der Waals surface area contributed by atoms with Crippen molar-refractivity contribution in [2.75, 3.05) is 24.3 Å². The van der Waals surface area contributed by atoms with Crippen molar-refractivity contribution in [2.24, 2.45) is 0 Å². The van der Waals surface area contributed by atoms with Gasteiger partial charge < -0.3 is 20.7 Å². The second-order valence-corrected chi connectivity index (χ2v) is 7.96. The molecule has 0 saturated heterocycles. The molecule has 0 aliphatic heterocycles. The van der Waals surface area contributed by atoms with Crippen LogP contribution >= 0.6 is 0 Å². The fourth-order valence-electron chi connectivity index (χ4n) is 3.61. The van der Waals surface area contributed by atoms with E-state index in [1.165, 1.54) is 4.57 Å². The van der Waals surface area contributed by atoms with Gasteiger partial charge in [0.2, 0.25) is 5.91 Å². The van der Waals surface area contributed by atoms with Crippen molar-refractivity contribution in [3.8, 4) is 5.75 Å². The fraction of sp³-hybridized carbons (Fsp3) is 0.320. The quantitative estimate of drug-likeness (QED) is 0.399. The van der Waals surface area contributed by atoms with Crippen molar-refractivity contribution < 1.29 is 9.53 Å². The number of nitrogens with zero attached hydrogens (tertiary/aromatic N) is 2. The molecule has 0 spiro atoms. The molecule has 3 aromatic rings. The van der Waals surface area contributed by atoms with Crippen LogP contribution in [-0.2, 0) is 24.4 Å². The van der Waals surface area contributed by atoms with Gasteiger partial charge in [-0.15, -0.1) is 0 Å². The number of methoxy groups -OCH3 is 1. The molecular formula is C25H31N5O4. The first kappa shape index (κ1) is 24.6. The molecule has 34 heavy (non-hydrogen) atoms. The summed E-state index contributed by atoms with van der Waals surface area (Å²) in [5.41, 5.74) is 7.06. The molecule has 1 amide bonds. The van der Waals surface area contributed by atoms with Gasteiger partial charge in [-0.25, -0.2) is 4.79 Å². The summed E-state index contributed by atoms with van der Waals surface area (Å²) in [6.07, 6.45) is 1.60. The van der Waals surface area contributed by atoms with Crippen LogP contribution in [0.25, 0.3) is 0 Å². The van der Waals surface area contributed by atoms with Gasteiger partial charge in [0.05, 0.1) is 13.7 Å². The number of carbonyl (C=O) groups is 1. The Morgan fingerprint density at radius 3 is 2.44 bits per heavy atom. The van der Waals surface area contributed by atoms with Gasteiger partial charge in [0, 0.05) is 19.6 Å². The SMILES string of the molecule is CCCCn1c(N)c(N(CC(=O)NCc2ccc(OC)cc2)Cc2ccccc2)c(=O)[nH]c1=O. The molecule has 0 unspecified atom stereocenters. The zero-order valence-electron chi connectivity index (χ0n) is 19.5. The third-order valence-corrected chi connectivity index (χ3v) is 5.47. The summed E-state index contributed by atoms with van der Waals surface area (Å²) in [6, 6.07) is 16.8. The lowest BCUT2D eigenvalue weighted by molar-refractivity contribution is -0.119. The molecule has 2 aromatic carbocycles. The van der Waals surface area contributed by atoms with E-state index in [0.717, 1.165) is 29.7 Å². The summed E-state index contributed by atoms with van der Waals surface area (Å²) in [6.45, 7) is 2.88. The van der Waals surface area contributed by atoms with Gasteiger partial charge in [0.15, 0.2) is 0 Å². The van der Waals surface area contributed by atoms with E-state index in [9.17, 15) is 14.4 Å². The summed E-state index contributed by atoms with van der Waals surface area (Å²) in [4.78, 5) is 42.0. The third-order valence-electron chi connectivity index (χ3n) is 5.47. The zero-order chi connectivity index (χ0) is 24.5. The third kappa shape index (κ3) is 6.28. The molecule has 0 bridgehead atoms. The van der Waals surface area contributed by atoms with Gasteiger partial charge >= 0.3 is 5.69 Å². The molecule has 9 heteroatoms. The largest absolute Gasteiger partial charge is 0.497 e. The van der Waals surface area contributed by atoms with Crippen LogP contribution < -0.4 is 31.9 Å². The maximum absolute atomic E-state index is 12.9. The lowest BCUT2D eigenvalue weighted by Crippen LogP contribution is -2.42. The highest BCUT2D eigenvalue weighted by atomic mass is 16.5. The molecule has 0 aliphatic carbocycles. The Labute approximate surface area is 198 Å². The Morgan fingerprint density at radius 2 is 1.79 bits per heavy atom. The number of hydrogen-bond acceptors (Lipinski definition) is 6. The lowest BCUT2D eigenvalue weighted by Gasteiger charge is -2.26. The van der Waals surface area contributed by atoms with E-state index in [4.69, 9.17) is 10.5 Å². The fourth-order valence-corrected chi connectivity index (χ4v) is 3.61. The molecular weight excluding hydrogens is 434 g/mol. The minimum atomic E-state index is -0.617. The van der Waals surface area contributed by atoms with E-state index in [-0.39, 0.29) is 30.5 Å². The van der Waals surface area contributed by atoms with Crippen LogP contribution in [0.2, 0.25) is 0 Å². The number of aromatic nitrogens is 2. The van der Waals surface area contributed by atoms with Gasteiger partial charge in [0.25, 0.3) is 5.56 Å². The van der Waals surface area contributed by atoms with Gasteiger partial charge in [-0.05, 0) is 29.7 Å². The average Bonchev–Trinajstić information content (AvgIpc) is 2.83. The summed E-state index contributed by atoms with van der Waals surface area (Å²) < 4.78 is 6.51. The molecule has 0 fully saturated rings. The Bertz CT molecular complexity index is 1200. The predicted octanol–water partition coefficient (Wildman–Crippen LogP) is 2.25. The highest BCUT2D eigenvalue weighted by molar-refractivity contribution is 5.82. The Morgan fingerprint density at radius 1 is 1.09 bits per heavy atom. The van der Waals surface area contributed by atoms with E-state index in [1.54, 1.807) is 12.0 Å². The smallest absolute Gasteiger partial charge is 0.330 e. The minimum absolute atomic E-state index is 0.0566. The van der Waals surface area contributed by atoms with Gasteiger partial charge in [-0.1, -0.05) is 55.8 Å². The second kappa shape index (κ2) is 11.7. The minimum Gasteiger partial charge on any atom is -0.497 e. The van der Waals surface area contributed by atoms with Gasteiger partial charge in [-0.3, -0.25) is 19.1 Å². The van der Waals surface area contributed by atoms with Crippen molar-refractivity contribution in [2.45, 2.75) is 39.4 Å². The number of ether oxygens (including phenoxy) is 1. The number of anilines is 2. The number of hydrogen-bond donors (Lipinski definition) is 3. The molecule has 3 rings (SSSR count). The summed E-state index contributed by atoms with van der Waals surface area (Å²) in [7, 11) is 1.59. The molecule has 0 atom stereocenters. The van der Waals surface area contributed by atoms with Gasteiger partial charge in [0.1, 0.15) is 17.3 Å². The number of nitrogens with two attached hydrogens (primary N) is 1. The Balaban J connectivity index is 1.86. The Hall–Kier alpha value is -4.01. The van der Waals surface area contributed by atoms with Gasteiger partial charge in [-0.2, -0.15) is 0 Å². The van der Waals surface area contributed by atoms with Crippen molar-refractivity contribution >= 4 is 17.4 Å². The summed E-state index contributed by atoms with van der Waals surface area (Å²) in [5, 5.41) is 2.88. The van der Waals surface area contributed by atoms with Crippen LogP contribution in [0.5, 0.6) is 5.75 Å². The highest BCUT2D eigenvalue weighted by Crippen LogP contribution is 2.20. The zero-order valence-corrected chi connectivity index (χ0v) is 19.5. The van der Waals surface area contributed by atoms with E-state index >= 15 is 0 Å². The van der Waals surface area contributed by atoms with Crippen LogP contribution in [0.4, 0.5) is 11.5 Å². The molecule has 1 aromatic heterocycles. The first-order valence-electron chi connectivity index (χ1n) is 11.2. The monoisotopic (exact) mass is 465 g/mol. The molecule has 9 nitrogen and oxygen atoms in total. The number of carbonyl (C=O) groups excluding carboxylic acids is 1. The first-order chi connectivity index (χ1) is 16.4. The number of benzene rings is 2.